The van der Waals surface area contributed by atoms with Gasteiger partial charge < -0.3 is 29.3 Å². The summed E-state index contributed by atoms with van der Waals surface area (Å²) in [7, 11) is 2.09. The zero-order valence-corrected chi connectivity index (χ0v) is 13.0. The second-order valence-electron chi connectivity index (χ2n) is 6.83. The summed E-state index contributed by atoms with van der Waals surface area (Å²) in [4.78, 5) is 4.48. The van der Waals surface area contributed by atoms with Crippen molar-refractivity contribution in [1.82, 2.24) is 9.80 Å². The van der Waals surface area contributed by atoms with Crippen LogP contribution in [0.4, 0.5) is 0 Å². The van der Waals surface area contributed by atoms with Crippen molar-refractivity contribution in [3.63, 3.8) is 0 Å². The Balaban J connectivity index is 1.68. The molecule has 3 saturated heterocycles. The Morgan fingerprint density at radius 1 is 1.10 bits per heavy atom. The second kappa shape index (κ2) is 5.42. The largest absolute Gasteiger partial charge is 0.393 e. The van der Waals surface area contributed by atoms with E-state index in [-0.39, 0.29) is 6.61 Å². The summed E-state index contributed by atoms with van der Waals surface area (Å²) in [6, 6.07) is 0. The summed E-state index contributed by atoms with van der Waals surface area (Å²) in [5.41, 5.74) is -1.03. The fraction of sp³-hybridized carbons (Fsp3) is 1.00. The highest BCUT2D eigenvalue weighted by molar-refractivity contribution is 5.05. The highest BCUT2D eigenvalue weighted by Crippen LogP contribution is 2.42. The third-order valence-electron chi connectivity index (χ3n) is 4.64. The standard InChI is InChI=1S/C14H26N2O5/c1-13(2)19-10-11(18)14(9-17,21-12(10)20-13)8-16-6-4-15(3)5-7-16/h10-12,17-18H,4-9H2,1-3H3/t10-,11-,12+,14-/m1/s1. The molecule has 3 aliphatic heterocycles. The van der Waals surface area contributed by atoms with Crippen LogP contribution >= 0.6 is 0 Å². The topological polar surface area (TPSA) is 74.6 Å². The van der Waals surface area contributed by atoms with E-state index in [2.05, 4.69) is 16.8 Å². The number of likely N-dealkylation sites (N-methyl/N-ethyl adjacent to an activating group) is 1. The van der Waals surface area contributed by atoms with Crippen molar-refractivity contribution >= 4 is 0 Å². The molecule has 21 heavy (non-hydrogen) atoms. The van der Waals surface area contributed by atoms with E-state index in [1.165, 1.54) is 0 Å². The molecule has 0 aromatic rings. The second-order valence-corrected chi connectivity index (χ2v) is 6.83. The summed E-state index contributed by atoms with van der Waals surface area (Å²) >= 11 is 0. The molecule has 0 spiro atoms. The molecule has 0 saturated carbocycles. The van der Waals surface area contributed by atoms with E-state index in [4.69, 9.17) is 14.2 Å². The van der Waals surface area contributed by atoms with Crippen LogP contribution in [0, 0.1) is 0 Å². The molecule has 0 amide bonds. The summed E-state index contributed by atoms with van der Waals surface area (Å²) in [5.74, 6) is -0.758. The SMILES string of the molecule is CN1CCN(C[C@]2(CO)O[C@@H]3OC(C)(C)O[C@@H]3[C@H]2O)CC1. The van der Waals surface area contributed by atoms with Crippen LogP contribution in [0.25, 0.3) is 0 Å². The Bertz CT molecular complexity index is 386. The van der Waals surface area contributed by atoms with Gasteiger partial charge >= 0.3 is 0 Å². The van der Waals surface area contributed by atoms with Crippen molar-refractivity contribution in [1.29, 1.82) is 0 Å². The molecule has 0 aromatic carbocycles. The van der Waals surface area contributed by atoms with E-state index < -0.39 is 29.9 Å². The first kappa shape index (κ1) is 15.6. The molecule has 3 rings (SSSR count). The van der Waals surface area contributed by atoms with Crippen LogP contribution in [-0.4, -0.2) is 96.3 Å². The summed E-state index contributed by atoms with van der Waals surface area (Å²) < 4.78 is 17.3. The summed E-state index contributed by atoms with van der Waals surface area (Å²) in [6.07, 6.45) is -2.05. The van der Waals surface area contributed by atoms with Gasteiger partial charge in [-0.3, -0.25) is 4.90 Å². The van der Waals surface area contributed by atoms with Crippen molar-refractivity contribution in [3.8, 4) is 0 Å². The molecule has 122 valence electrons. The lowest BCUT2D eigenvalue weighted by molar-refractivity contribution is -0.249. The van der Waals surface area contributed by atoms with Crippen molar-refractivity contribution in [3.05, 3.63) is 0 Å². The average molecular weight is 302 g/mol. The zero-order valence-electron chi connectivity index (χ0n) is 13.0. The van der Waals surface area contributed by atoms with Crippen molar-refractivity contribution < 1.29 is 24.4 Å². The number of fused-ring (bicyclic) bond motifs is 1. The normalized spacial score (nSPS) is 44.1. The van der Waals surface area contributed by atoms with E-state index in [1.807, 2.05) is 0 Å². The maximum Gasteiger partial charge on any atom is 0.190 e. The van der Waals surface area contributed by atoms with Gasteiger partial charge in [0.15, 0.2) is 12.1 Å². The van der Waals surface area contributed by atoms with Crippen LogP contribution in [0.15, 0.2) is 0 Å². The van der Waals surface area contributed by atoms with Gasteiger partial charge in [0, 0.05) is 32.7 Å². The minimum atomic E-state index is -1.03. The van der Waals surface area contributed by atoms with E-state index >= 15 is 0 Å². The number of aliphatic hydroxyl groups excluding tert-OH is 2. The Morgan fingerprint density at radius 2 is 1.76 bits per heavy atom. The van der Waals surface area contributed by atoms with Crippen LogP contribution in [0.5, 0.6) is 0 Å². The van der Waals surface area contributed by atoms with Gasteiger partial charge in [-0.15, -0.1) is 0 Å². The van der Waals surface area contributed by atoms with Crippen LogP contribution < -0.4 is 0 Å². The Kier molecular flexibility index (Phi) is 4.03. The van der Waals surface area contributed by atoms with Gasteiger partial charge in [-0.1, -0.05) is 0 Å². The number of rotatable bonds is 3. The summed E-state index contributed by atoms with van der Waals surface area (Å²) in [5, 5.41) is 20.4. The number of nitrogens with zero attached hydrogens (tertiary/aromatic N) is 2. The molecule has 0 unspecified atom stereocenters. The van der Waals surface area contributed by atoms with E-state index in [0.29, 0.717) is 6.54 Å². The molecule has 7 heteroatoms. The van der Waals surface area contributed by atoms with Crippen LogP contribution in [0.2, 0.25) is 0 Å². The van der Waals surface area contributed by atoms with E-state index in [9.17, 15) is 10.2 Å². The Morgan fingerprint density at radius 3 is 2.33 bits per heavy atom. The van der Waals surface area contributed by atoms with E-state index in [0.717, 1.165) is 26.2 Å². The molecule has 3 aliphatic rings. The molecule has 3 fully saturated rings. The van der Waals surface area contributed by atoms with Crippen LogP contribution in [0.3, 0.4) is 0 Å². The van der Waals surface area contributed by atoms with Crippen LogP contribution in [0.1, 0.15) is 13.8 Å². The monoisotopic (exact) mass is 302 g/mol. The maximum atomic E-state index is 10.6. The number of piperazine rings is 1. The highest BCUT2D eigenvalue weighted by atomic mass is 16.8. The molecular formula is C14H26N2O5. The molecule has 0 radical (unpaired) electrons. The molecule has 0 aromatic heterocycles. The molecule has 0 aliphatic carbocycles. The fourth-order valence-electron chi connectivity index (χ4n) is 3.36. The molecular weight excluding hydrogens is 276 g/mol. The van der Waals surface area contributed by atoms with Crippen molar-refractivity contribution in [2.45, 2.75) is 43.7 Å². The lowest BCUT2D eigenvalue weighted by Crippen LogP contribution is -2.58. The van der Waals surface area contributed by atoms with Gasteiger partial charge in [-0.2, -0.15) is 0 Å². The Labute approximate surface area is 125 Å². The smallest absolute Gasteiger partial charge is 0.190 e. The lowest BCUT2D eigenvalue weighted by atomic mass is 9.95. The lowest BCUT2D eigenvalue weighted by Gasteiger charge is -2.40. The van der Waals surface area contributed by atoms with Crippen LogP contribution in [-0.2, 0) is 14.2 Å². The van der Waals surface area contributed by atoms with Gasteiger partial charge in [0.05, 0.1) is 6.61 Å². The third-order valence-corrected chi connectivity index (χ3v) is 4.64. The predicted octanol–water partition coefficient (Wildman–Crippen LogP) is -1.17. The quantitative estimate of drug-likeness (QED) is 0.681. The number of hydrogen-bond acceptors (Lipinski definition) is 7. The molecule has 3 heterocycles. The van der Waals surface area contributed by atoms with E-state index in [1.54, 1.807) is 13.8 Å². The fourth-order valence-corrected chi connectivity index (χ4v) is 3.36. The van der Waals surface area contributed by atoms with Gasteiger partial charge in [0.1, 0.15) is 17.8 Å². The minimum Gasteiger partial charge on any atom is -0.393 e. The maximum absolute atomic E-state index is 10.6. The number of aliphatic hydroxyl groups is 2. The first-order valence-electron chi connectivity index (χ1n) is 7.58. The molecule has 7 nitrogen and oxygen atoms in total. The van der Waals surface area contributed by atoms with Gasteiger partial charge in [0.25, 0.3) is 0 Å². The van der Waals surface area contributed by atoms with Crippen molar-refractivity contribution in [2.24, 2.45) is 0 Å². The predicted molar refractivity (Wildman–Crippen MR) is 74.7 cm³/mol. The van der Waals surface area contributed by atoms with Gasteiger partial charge in [0.2, 0.25) is 0 Å². The van der Waals surface area contributed by atoms with Crippen molar-refractivity contribution in [2.75, 3.05) is 46.4 Å². The first-order chi connectivity index (χ1) is 9.85. The number of hydrogen-bond donors (Lipinski definition) is 2. The van der Waals surface area contributed by atoms with Gasteiger partial charge in [-0.05, 0) is 20.9 Å². The average Bonchev–Trinajstić information content (AvgIpc) is 2.85. The molecule has 0 bridgehead atoms. The Hall–Kier alpha value is -0.280. The summed E-state index contributed by atoms with van der Waals surface area (Å²) in [6.45, 7) is 7.58. The highest BCUT2D eigenvalue weighted by Gasteiger charge is 2.61. The number of ether oxygens (including phenoxy) is 3. The third kappa shape index (κ3) is 2.84. The molecule has 2 N–H and O–H groups in total. The molecule has 4 atom stereocenters. The minimum absolute atomic E-state index is 0.249. The van der Waals surface area contributed by atoms with Gasteiger partial charge in [-0.25, -0.2) is 0 Å². The first-order valence-corrected chi connectivity index (χ1v) is 7.58. The zero-order chi connectivity index (χ0) is 15.3.